The summed E-state index contributed by atoms with van der Waals surface area (Å²) in [5.74, 6) is -0.509. The second kappa shape index (κ2) is 7.34. The van der Waals surface area contributed by atoms with Crippen LogP contribution < -0.4 is 5.48 Å². The molecule has 0 fully saturated rings. The first-order valence-corrected chi connectivity index (χ1v) is 9.00. The number of likely N-dealkylation sites (N-methyl/N-ethyl adjacent to an activating group) is 1. The third-order valence-corrected chi connectivity index (χ3v) is 5.05. The molecule has 6 heteroatoms. The Morgan fingerprint density at radius 2 is 2.07 bits per heavy atom. The summed E-state index contributed by atoms with van der Waals surface area (Å²) >= 11 is 0. The van der Waals surface area contributed by atoms with E-state index in [1.165, 1.54) is 11.1 Å². The molecule has 3 heterocycles. The smallest absolute Gasteiger partial charge is 0.274 e. The van der Waals surface area contributed by atoms with Crippen LogP contribution in [0.1, 0.15) is 27.9 Å². The van der Waals surface area contributed by atoms with Crippen molar-refractivity contribution in [3.8, 4) is 0 Å². The second-order valence-corrected chi connectivity index (χ2v) is 6.96. The molecule has 138 valence electrons. The Morgan fingerprint density at radius 1 is 1.26 bits per heavy atom. The Kier molecular flexibility index (Phi) is 4.75. The Morgan fingerprint density at radius 3 is 2.78 bits per heavy atom. The molecule has 4 rings (SSSR count). The highest BCUT2D eigenvalue weighted by Gasteiger charge is 2.12. The second-order valence-electron chi connectivity index (χ2n) is 6.96. The lowest BCUT2D eigenvalue weighted by Gasteiger charge is -2.21. The van der Waals surface area contributed by atoms with Crippen LogP contribution in [-0.2, 0) is 6.54 Å². The fourth-order valence-corrected chi connectivity index (χ4v) is 3.44. The maximum Gasteiger partial charge on any atom is 0.274 e. The summed E-state index contributed by atoms with van der Waals surface area (Å²) in [4.78, 5) is 18.4. The number of fused-ring (bicyclic) bond motifs is 1. The van der Waals surface area contributed by atoms with Gasteiger partial charge in [-0.1, -0.05) is 18.2 Å². The fourth-order valence-electron chi connectivity index (χ4n) is 3.44. The number of carbonyl (C=O) groups is 1. The lowest BCUT2D eigenvalue weighted by atomic mass is 10.0. The molecule has 2 aromatic heterocycles. The van der Waals surface area contributed by atoms with Gasteiger partial charge in [-0.25, -0.2) is 10.5 Å². The van der Waals surface area contributed by atoms with Gasteiger partial charge in [-0.2, -0.15) is 0 Å². The van der Waals surface area contributed by atoms with Crippen LogP contribution in [0.3, 0.4) is 0 Å². The SMILES string of the molecule is CN1CC=C(c2cnc3c(ccn3Cc3ccc(C(=O)NO)cc3)c2)CC1. The largest absolute Gasteiger partial charge is 0.328 e. The number of hydrogen-bond acceptors (Lipinski definition) is 4. The van der Waals surface area contributed by atoms with Gasteiger partial charge in [0, 0.05) is 43.0 Å². The van der Waals surface area contributed by atoms with Gasteiger partial charge in [-0.05, 0) is 54.4 Å². The van der Waals surface area contributed by atoms with Crippen molar-refractivity contribution in [1.82, 2.24) is 19.9 Å². The van der Waals surface area contributed by atoms with Crippen LogP contribution >= 0.6 is 0 Å². The van der Waals surface area contributed by atoms with Crippen LogP contribution in [0.15, 0.2) is 54.9 Å². The predicted octanol–water partition coefficient (Wildman–Crippen LogP) is 2.92. The van der Waals surface area contributed by atoms with Crippen molar-refractivity contribution in [3.05, 3.63) is 71.6 Å². The molecule has 0 radical (unpaired) electrons. The average molecular weight is 362 g/mol. The topological polar surface area (TPSA) is 70.4 Å². The third-order valence-electron chi connectivity index (χ3n) is 5.05. The highest BCUT2D eigenvalue weighted by molar-refractivity contribution is 5.93. The summed E-state index contributed by atoms with van der Waals surface area (Å²) in [5, 5.41) is 9.82. The van der Waals surface area contributed by atoms with Crippen molar-refractivity contribution in [2.75, 3.05) is 20.1 Å². The van der Waals surface area contributed by atoms with E-state index in [0.29, 0.717) is 12.1 Å². The molecule has 0 atom stereocenters. The van der Waals surface area contributed by atoms with Gasteiger partial charge in [-0.15, -0.1) is 0 Å². The van der Waals surface area contributed by atoms with Gasteiger partial charge in [0.15, 0.2) is 0 Å². The Hall–Kier alpha value is -2.96. The van der Waals surface area contributed by atoms with Gasteiger partial charge in [0.05, 0.1) is 0 Å². The number of aromatic nitrogens is 2. The minimum absolute atomic E-state index is 0.424. The number of carbonyl (C=O) groups excluding carboxylic acids is 1. The van der Waals surface area contributed by atoms with Gasteiger partial charge >= 0.3 is 0 Å². The van der Waals surface area contributed by atoms with Gasteiger partial charge in [-0.3, -0.25) is 10.0 Å². The molecular formula is C21H22N4O2. The van der Waals surface area contributed by atoms with E-state index in [4.69, 9.17) is 10.2 Å². The van der Waals surface area contributed by atoms with Crippen molar-refractivity contribution in [3.63, 3.8) is 0 Å². The summed E-state index contributed by atoms with van der Waals surface area (Å²) in [7, 11) is 2.14. The molecule has 1 aliphatic heterocycles. The molecule has 2 N–H and O–H groups in total. The van der Waals surface area contributed by atoms with E-state index in [0.717, 1.165) is 36.1 Å². The summed E-state index contributed by atoms with van der Waals surface area (Å²) in [6.45, 7) is 2.73. The highest BCUT2D eigenvalue weighted by atomic mass is 16.5. The molecule has 0 saturated carbocycles. The standard InChI is InChI=1S/C21H22N4O2/c1-24-9-6-16(7-10-24)19-12-18-8-11-25(20(18)22-13-19)14-15-2-4-17(5-3-15)21(26)23-27/h2-6,8,11-13,27H,7,9-10,14H2,1H3,(H,23,26). The lowest BCUT2D eigenvalue weighted by Crippen LogP contribution is -2.23. The Labute approximate surface area is 157 Å². The lowest BCUT2D eigenvalue weighted by molar-refractivity contribution is 0.0706. The monoisotopic (exact) mass is 362 g/mol. The molecular weight excluding hydrogens is 340 g/mol. The number of pyridine rings is 1. The number of nitrogens with one attached hydrogen (secondary N) is 1. The van der Waals surface area contributed by atoms with Crippen molar-refractivity contribution in [2.45, 2.75) is 13.0 Å². The fraction of sp³-hybridized carbons (Fsp3) is 0.238. The maximum absolute atomic E-state index is 11.4. The van der Waals surface area contributed by atoms with Gasteiger partial charge in [0.1, 0.15) is 5.65 Å². The quantitative estimate of drug-likeness (QED) is 0.553. The molecule has 0 unspecified atom stereocenters. The minimum atomic E-state index is -0.509. The molecule has 0 saturated heterocycles. The first-order valence-electron chi connectivity index (χ1n) is 9.00. The third kappa shape index (κ3) is 3.63. The number of benzene rings is 1. The van der Waals surface area contributed by atoms with E-state index in [9.17, 15) is 4.79 Å². The maximum atomic E-state index is 11.4. The number of hydrogen-bond donors (Lipinski definition) is 2. The zero-order valence-electron chi connectivity index (χ0n) is 15.2. The summed E-state index contributed by atoms with van der Waals surface area (Å²) in [6.07, 6.45) is 7.34. The average Bonchev–Trinajstić information content (AvgIpc) is 3.10. The van der Waals surface area contributed by atoms with Crippen molar-refractivity contribution < 1.29 is 10.0 Å². The minimum Gasteiger partial charge on any atom is -0.328 e. The summed E-state index contributed by atoms with van der Waals surface area (Å²) in [5.41, 5.74) is 6.65. The van der Waals surface area contributed by atoms with Gasteiger partial charge < -0.3 is 9.47 Å². The van der Waals surface area contributed by atoms with E-state index in [1.807, 2.05) is 24.5 Å². The first kappa shape index (κ1) is 17.5. The molecule has 6 nitrogen and oxygen atoms in total. The molecule has 1 aliphatic rings. The van der Waals surface area contributed by atoms with Crippen LogP contribution in [0.2, 0.25) is 0 Å². The molecule has 1 amide bonds. The molecule has 27 heavy (non-hydrogen) atoms. The zero-order valence-corrected chi connectivity index (χ0v) is 15.2. The van der Waals surface area contributed by atoms with Gasteiger partial charge in [0.2, 0.25) is 0 Å². The first-order chi connectivity index (χ1) is 13.1. The Bertz CT molecular complexity index is 1000. The predicted molar refractivity (Wildman–Crippen MR) is 105 cm³/mol. The van der Waals surface area contributed by atoms with Crippen LogP contribution in [0, 0.1) is 0 Å². The molecule has 0 bridgehead atoms. The van der Waals surface area contributed by atoms with E-state index in [-0.39, 0.29) is 0 Å². The normalized spacial score (nSPS) is 15.0. The molecule has 0 aliphatic carbocycles. The molecule has 0 spiro atoms. The van der Waals surface area contributed by atoms with Crippen LogP contribution in [0.25, 0.3) is 16.6 Å². The van der Waals surface area contributed by atoms with Crippen molar-refractivity contribution in [2.24, 2.45) is 0 Å². The van der Waals surface area contributed by atoms with E-state index >= 15 is 0 Å². The van der Waals surface area contributed by atoms with E-state index in [2.05, 4.69) is 34.7 Å². The number of amides is 1. The summed E-state index contributed by atoms with van der Waals surface area (Å²) in [6, 6.07) is 11.5. The Balaban J connectivity index is 1.56. The number of hydroxylamine groups is 1. The van der Waals surface area contributed by atoms with Crippen LogP contribution in [0.4, 0.5) is 0 Å². The highest BCUT2D eigenvalue weighted by Crippen LogP contribution is 2.25. The number of rotatable bonds is 4. The van der Waals surface area contributed by atoms with Crippen LogP contribution in [-0.4, -0.2) is 45.7 Å². The van der Waals surface area contributed by atoms with Crippen molar-refractivity contribution in [1.29, 1.82) is 0 Å². The van der Waals surface area contributed by atoms with Crippen molar-refractivity contribution >= 4 is 22.5 Å². The zero-order chi connectivity index (χ0) is 18.8. The summed E-state index contributed by atoms with van der Waals surface area (Å²) < 4.78 is 2.10. The van der Waals surface area contributed by atoms with Gasteiger partial charge in [0.25, 0.3) is 5.91 Å². The van der Waals surface area contributed by atoms with E-state index in [1.54, 1.807) is 17.6 Å². The van der Waals surface area contributed by atoms with E-state index < -0.39 is 5.91 Å². The molecule has 3 aromatic rings. The molecule has 1 aromatic carbocycles. The number of nitrogens with zero attached hydrogens (tertiary/aromatic N) is 3. The van der Waals surface area contributed by atoms with Crippen LogP contribution in [0.5, 0.6) is 0 Å².